The Balaban J connectivity index is 1.83. The van der Waals surface area contributed by atoms with Crippen molar-refractivity contribution in [2.24, 2.45) is 11.7 Å². The van der Waals surface area contributed by atoms with Crippen molar-refractivity contribution in [2.45, 2.75) is 25.7 Å². The van der Waals surface area contributed by atoms with Gasteiger partial charge < -0.3 is 10.5 Å². The van der Waals surface area contributed by atoms with Crippen LogP contribution in [0.5, 0.6) is 5.75 Å². The molecule has 0 radical (unpaired) electrons. The fraction of sp³-hybridized carbons (Fsp3) is 0.353. The highest BCUT2D eigenvalue weighted by Crippen LogP contribution is 2.31. The van der Waals surface area contributed by atoms with Crippen molar-refractivity contribution in [3.05, 3.63) is 42.0 Å². The molecule has 1 saturated carbocycles. The van der Waals surface area contributed by atoms with E-state index in [1.807, 2.05) is 30.3 Å². The fourth-order valence-corrected chi connectivity index (χ4v) is 2.91. The maximum Gasteiger partial charge on any atom is 0.127 e. The Hall–Kier alpha value is -1.61. The van der Waals surface area contributed by atoms with Crippen molar-refractivity contribution in [1.29, 1.82) is 0 Å². The smallest absolute Gasteiger partial charge is 0.127 e. The number of rotatable bonds is 5. The van der Waals surface area contributed by atoms with E-state index in [1.165, 1.54) is 19.3 Å². The maximum absolute atomic E-state index is 5.98. The lowest BCUT2D eigenvalue weighted by atomic mass is 9.83. The maximum atomic E-state index is 5.98. The molecule has 0 unspecified atom stereocenters. The second-order valence-electron chi connectivity index (χ2n) is 5.46. The molecule has 2 aromatic rings. The molecule has 0 aliphatic heterocycles. The topological polar surface area (TPSA) is 35.2 Å². The largest absolute Gasteiger partial charge is 0.493 e. The molecule has 0 amide bonds. The van der Waals surface area contributed by atoms with E-state index in [9.17, 15) is 0 Å². The Morgan fingerprint density at radius 3 is 2.55 bits per heavy atom. The molecule has 3 heteroatoms. The first-order chi connectivity index (χ1) is 9.75. The molecule has 0 spiro atoms. The number of hydrogen-bond acceptors (Lipinski definition) is 2. The number of nitrogens with two attached hydrogens (primary N) is 1. The van der Waals surface area contributed by atoms with Gasteiger partial charge in [-0.15, -0.1) is 0 Å². The van der Waals surface area contributed by atoms with Crippen molar-refractivity contribution in [2.75, 3.05) is 6.61 Å². The Kier molecular flexibility index (Phi) is 3.88. The first-order valence-corrected chi connectivity index (χ1v) is 7.61. The molecule has 0 atom stereocenters. The second-order valence-corrected chi connectivity index (χ2v) is 5.89. The van der Waals surface area contributed by atoms with Crippen molar-refractivity contribution in [1.82, 2.24) is 0 Å². The van der Waals surface area contributed by atoms with Gasteiger partial charge in [0, 0.05) is 10.9 Å². The van der Waals surface area contributed by atoms with Crippen molar-refractivity contribution < 1.29 is 4.74 Å². The van der Waals surface area contributed by atoms with E-state index in [4.69, 9.17) is 22.7 Å². The van der Waals surface area contributed by atoms with Crippen LogP contribution in [-0.2, 0) is 0 Å². The lowest BCUT2D eigenvalue weighted by molar-refractivity contribution is 0.223. The predicted molar refractivity (Wildman–Crippen MR) is 87.3 cm³/mol. The van der Waals surface area contributed by atoms with Gasteiger partial charge in [-0.25, -0.2) is 0 Å². The summed E-state index contributed by atoms with van der Waals surface area (Å²) in [7, 11) is 0. The molecule has 2 aromatic carbocycles. The SMILES string of the molecule is NC(=S)c1ccc(OCCC2CCC2)c2ccccc12. The lowest BCUT2D eigenvalue weighted by Gasteiger charge is -2.25. The number of hydrogen-bond donors (Lipinski definition) is 1. The van der Waals surface area contributed by atoms with Crippen LogP contribution in [0.1, 0.15) is 31.2 Å². The van der Waals surface area contributed by atoms with Gasteiger partial charge in [-0.1, -0.05) is 55.7 Å². The molecule has 0 heterocycles. The van der Waals surface area contributed by atoms with Gasteiger partial charge in [0.05, 0.1) is 6.61 Å². The number of benzene rings is 2. The van der Waals surface area contributed by atoms with Crippen LogP contribution in [0, 0.1) is 5.92 Å². The Labute approximate surface area is 124 Å². The van der Waals surface area contributed by atoms with Gasteiger partial charge in [-0.3, -0.25) is 0 Å². The van der Waals surface area contributed by atoms with Crippen molar-refractivity contribution in [3.8, 4) is 5.75 Å². The molecule has 0 bridgehead atoms. The van der Waals surface area contributed by atoms with Gasteiger partial charge >= 0.3 is 0 Å². The van der Waals surface area contributed by atoms with Crippen molar-refractivity contribution in [3.63, 3.8) is 0 Å². The van der Waals surface area contributed by atoms with Gasteiger partial charge in [0.1, 0.15) is 10.7 Å². The zero-order chi connectivity index (χ0) is 13.9. The molecule has 1 aliphatic rings. The summed E-state index contributed by atoms with van der Waals surface area (Å²) in [4.78, 5) is 0.433. The zero-order valence-corrected chi connectivity index (χ0v) is 12.3. The van der Waals surface area contributed by atoms with Crippen LogP contribution in [-0.4, -0.2) is 11.6 Å². The molecule has 0 aromatic heterocycles. The number of fused-ring (bicyclic) bond motifs is 1. The van der Waals surface area contributed by atoms with Crippen LogP contribution < -0.4 is 10.5 Å². The van der Waals surface area contributed by atoms with Gasteiger partial charge in [0.15, 0.2) is 0 Å². The molecular weight excluding hydrogens is 266 g/mol. The van der Waals surface area contributed by atoms with Crippen LogP contribution in [0.15, 0.2) is 36.4 Å². The molecule has 1 fully saturated rings. The first-order valence-electron chi connectivity index (χ1n) is 7.20. The highest BCUT2D eigenvalue weighted by molar-refractivity contribution is 7.80. The molecule has 20 heavy (non-hydrogen) atoms. The normalized spacial score (nSPS) is 15.0. The van der Waals surface area contributed by atoms with Crippen LogP contribution in [0.3, 0.4) is 0 Å². The average molecular weight is 285 g/mol. The predicted octanol–water partition coefficient (Wildman–Crippen LogP) is 4.04. The number of ether oxygens (including phenoxy) is 1. The molecule has 0 saturated heterocycles. The van der Waals surface area contributed by atoms with Gasteiger partial charge in [0.25, 0.3) is 0 Å². The van der Waals surface area contributed by atoms with E-state index in [1.54, 1.807) is 0 Å². The van der Waals surface area contributed by atoms with E-state index in [2.05, 4.69) is 6.07 Å². The van der Waals surface area contributed by atoms with Crippen LogP contribution in [0.4, 0.5) is 0 Å². The minimum Gasteiger partial charge on any atom is -0.493 e. The summed E-state index contributed by atoms with van der Waals surface area (Å²) < 4.78 is 5.98. The summed E-state index contributed by atoms with van der Waals surface area (Å²) in [6, 6.07) is 12.1. The summed E-state index contributed by atoms with van der Waals surface area (Å²) in [6.07, 6.45) is 5.27. The Morgan fingerprint density at radius 1 is 1.15 bits per heavy atom. The standard InChI is InChI=1S/C17H19NOS/c18-17(20)15-8-9-16(14-7-2-1-6-13(14)15)19-11-10-12-4-3-5-12/h1-2,6-9,12H,3-5,10-11H2,(H2,18,20). The highest BCUT2D eigenvalue weighted by Gasteiger charge is 2.17. The molecule has 104 valence electrons. The van der Waals surface area contributed by atoms with Crippen LogP contribution >= 0.6 is 12.2 Å². The third-order valence-electron chi connectivity index (χ3n) is 4.16. The van der Waals surface area contributed by atoms with E-state index in [0.29, 0.717) is 4.99 Å². The summed E-state index contributed by atoms with van der Waals surface area (Å²) >= 11 is 5.11. The fourth-order valence-electron chi connectivity index (χ4n) is 2.73. The van der Waals surface area contributed by atoms with E-state index < -0.39 is 0 Å². The Bertz CT molecular complexity index is 634. The van der Waals surface area contributed by atoms with Gasteiger partial charge in [-0.05, 0) is 29.9 Å². The van der Waals surface area contributed by atoms with Gasteiger partial charge in [0.2, 0.25) is 0 Å². The zero-order valence-electron chi connectivity index (χ0n) is 11.5. The average Bonchev–Trinajstić information content (AvgIpc) is 2.41. The monoisotopic (exact) mass is 285 g/mol. The van der Waals surface area contributed by atoms with Gasteiger partial charge in [-0.2, -0.15) is 0 Å². The third kappa shape index (κ3) is 2.63. The summed E-state index contributed by atoms with van der Waals surface area (Å²) in [5.41, 5.74) is 6.70. The molecule has 2 N–H and O–H groups in total. The van der Waals surface area contributed by atoms with E-state index in [-0.39, 0.29) is 0 Å². The molecular formula is C17H19NOS. The Morgan fingerprint density at radius 2 is 1.90 bits per heavy atom. The highest BCUT2D eigenvalue weighted by atomic mass is 32.1. The molecule has 2 nitrogen and oxygen atoms in total. The van der Waals surface area contributed by atoms with E-state index in [0.717, 1.165) is 41.0 Å². The molecule has 3 rings (SSSR count). The summed E-state index contributed by atoms with van der Waals surface area (Å²) in [5.74, 6) is 1.80. The first kappa shape index (κ1) is 13.4. The second kappa shape index (κ2) is 5.80. The number of thiocarbonyl (C=S) groups is 1. The van der Waals surface area contributed by atoms with Crippen LogP contribution in [0.25, 0.3) is 10.8 Å². The van der Waals surface area contributed by atoms with Crippen LogP contribution in [0.2, 0.25) is 0 Å². The quantitative estimate of drug-likeness (QED) is 0.842. The van der Waals surface area contributed by atoms with E-state index >= 15 is 0 Å². The third-order valence-corrected chi connectivity index (χ3v) is 4.38. The summed E-state index contributed by atoms with van der Waals surface area (Å²) in [6.45, 7) is 0.793. The summed E-state index contributed by atoms with van der Waals surface area (Å²) in [5, 5.41) is 2.16. The minimum absolute atomic E-state index is 0.433. The molecule has 1 aliphatic carbocycles. The minimum atomic E-state index is 0.433. The van der Waals surface area contributed by atoms with Crippen molar-refractivity contribution >= 4 is 28.0 Å². The lowest BCUT2D eigenvalue weighted by Crippen LogP contribution is -2.14.